The van der Waals surface area contributed by atoms with Gasteiger partial charge in [-0.3, -0.25) is 0 Å². The van der Waals surface area contributed by atoms with E-state index in [0.717, 1.165) is 39.0 Å². The van der Waals surface area contributed by atoms with E-state index in [1.54, 1.807) is 0 Å². The van der Waals surface area contributed by atoms with Gasteiger partial charge in [0.1, 0.15) is 5.82 Å². The zero-order valence-corrected chi connectivity index (χ0v) is 25.6. The molecule has 0 unspecified atom stereocenters. The van der Waals surface area contributed by atoms with Crippen LogP contribution in [0.25, 0.3) is 27.6 Å². The van der Waals surface area contributed by atoms with Crippen molar-refractivity contribution in [3.8, 4) is 17.3 Å². The van der Waals surface area contributed by atoms with Crippen molar-refractivity contribution in [2.45, 2.75) is 26.2 Å². The number of para-hydroxylation sites is 1. The van der Waals surface area contributed by atoms with Crippen LogP contribution in [0, 0.1) is 18.8 Å². The minimum Gasteiger partial charge on any atom is -0.509 e. The number of hydrogen-bond donors (Lipinski definition) is 0. The van der Waals surface area contributed by atoms with Crippen LogP contribution < -0.4 is 14.5 Å². The molecule has 2 aromatic heterocycles. The van der Waals surface area contributed by atoms with Gasteiger partial charge in [0.25, 0.3) is 0 Å². The number of rotatable bonds is 4. The first-order valence-corrected chi connectivity index (χ1v) is 13.5. The van der Waals surface area contributed by atoms with Gasteiger partial charge in [-0.05, 0) is 53.7 Å². The fourth-order valence-electron chi connectivity index (χ4n) is 5.38. The monoisotopic (exact) mass is 716 g/mol. The van der Waals surface area contributed by atoms with E-state index in [2.05, 4.69) is 115 Å². The zero-order valence-electron chi connectivity index (χ0n) is 23.3. The Kier molecular flexibility index (Phi) is 6.87. The second-order valence-electron chi connectivity index (χ2n) is 11.2. The van der Waals surface area contributed by atoms with Gasteiger partial charge in [0.2, 0.25) is 0 Å². The minimum atomic E-state index is 0. The average molecular weight is 717 g/mol. The van der Waals surface area contributed by atoms with Gasteiger partial charge >= 0.3 is 0 Å². The Morgan fingerprint density at radius 1 is 0.780 bits per heavy atom. The van der Waals surface area contributed by atoms with Crippen LogP contribution in [0.1, 0.15) is 26.3 Å². The van der Waals surface area contributed by atoms with Gasteiger partial charge in [0.05, 0.1) is 0 Å². The fourth-order valence-corrected chi connectivity index (χ4v) is 5.38. The molecule has 5 nitrogen and oxygen atoms in total. The van der Waals surface area contributed by atoms with Crippen LogP contribution in [-0.4, -0.2) is 16.6 Å². The molecule has 0 amide bonds. The molecule has 1 aliphatic rings. The van der Waals surface area contributed by atoms with Crippen LogP contribution >= 0.6 is 0 Å². The zero-order chi connectivity index (χ0) is 27.4. The normalized spacial score (nSPS) is 13.0. The largest absolute Gasteiger partial charge is 0.509 e. The number of benzene rings is 4. The molecule has 3 heterocycles. The van der Waals surface area contributed by atoms with Crippen molar-refractivity contribution < 1.29 is 25.8 Å². The number of fused-ring (bicyclic) bond motifs is 4. The predicted molar refractivity (Wildman–Crippen MR) is 163 cm³/mol. The summed E-state index contributed by atoms with van der Waals surface area (Å²) in [5.41, 5.74) is 6.61. The number of aromatic nitrogens is 2. The maximum atomic E-state index is 6.35. The molecule has 0 saturated carbocycles. The van der Waals surface area contributed by atoms with E-state index >= 15 is 0 Å². The number of hydrogen-bond acceptors (Lipinski definition) is 4. The number of nitrogens with zero attached hydrogens (tertiary/aromatic N) is 4. The molecule has 208 valence electrons. The van der Waals surface area contributed by atoms with Gasteiger partial charge in [-0.25, -0.2) is 4.98 Å². The Morgan fingerprint density at radius 2 is 1.59 bits per heavy atom. The summed E-state index contributed by atoms with van der Waals surface area (Å²) in [7, 11) is 2.08. The smallest absolute Gasteiger partial charge is 0.135 e. The van der Waals surface area contributed by atoms with Crippen LogP contribution in [0.2, 0.25) is 0 Å². The quantitative estimate of drug-likeness (QED) is 0.171. The van der Waals surface area contributed by atoms with Gasteiger partial charge in [-0.15, -0.1) is 41.4 Å². The fraction of sp³-hybridized carbons (Fsp3) is 0.143. The molecule has 0 aliphatic carbocycles. The van der Waals surface area contributed by atoms with E-state index in [1.807, 2.05) is 48.7 Å². The van der Waals surface area contributed by atoms with Gasteiger partial charge in [-0.2, -0.15) is 18.8 Å². The summed E-state index contributed by atoms with van der Waals surface area (Å²) in [5, 5.41) is 2.26. The van der Waals surface area contributed by atoms with E-state index in [0.29, 0.717) is 11.5 Å². The summed E-state index contributed by atoms with van der Waals surface area (Å²) in [5.74, 6) is 2.10. The summed E-state index contributed by atoms with van der Waals surface area (Å²) in [6, 6.07) is 38.0. The summed E-state index contributed by atoms with van der Waals surface area (Å²) in [6.07, 6.45) is 1.81. The van der Waals surface area contributed by atoms with Crippen LogP contribution in [0.15, 0.2) is 97.2 Å². The van der Waals surface area contributed by atoms with Crippen LogP contribution in [0.5, 0.6) is 11.5 Å². The molecular formula is C35H29N4OPt-3. The van der Waals surface area contributed by atoms with Crippen molar-refractivity contribution in [2.24, 2.45) is 0 Å². The molecule has 41 heavy (non-hydrogen) atoms. The van der Waals surface area contributed by atoms with Crippen molar-refractivity contribution in [1.82, 2.24) is 9.55 Å². The summed E-state index contributed by atoms with van der Waals surface area (Å²) in [6.45, 7) is 8.81. The van der Waals surface area contributed by atoms with Crippen molar-refractivity contribution >= 4 is 38.9 Å². The van der Waals surface area contributed by atoms with Gasteiger partial charge in [-0.1, -0.05) is 56.6 Å². The van der Waals surface area contributed by atoms with E-state index < -0.39 is 0 Å². The topological polar surface area (TPSA) is 33.5 Å². The van der Waals surface area contributed by atoms with E-state index in [-0.39, 0.29) is 26.5 Å². The maximum absolute atomic E-state index is 6.35. The standard InChI is InChI=1S/C35H29N4O.Pt/c1-35(2,3)24-15-18-31-33(20-24)37(4)23-38(31)25-10-9-11-26(21-25)40-27-16-17-29-28-12-5-6-13-30(28)39(32(29)22-27)34-14-7-8-19-36-34;/h5-20,23H,1-4H3;/q-3;. The third kappa shape index (κ3) is 4.79. The number of anilines is 3. The molecule has 0 atom stereocenters. The first kappa shape index (κ1) is 27.1. The third-order valence-electron chi connectivity index (χ3n) is 7.44. The Hall–Kier alpha value is -4.08. The van der Waals surface area contributed by atoms with Gasteiger partial charge in [0.15, 0.2) is 0 Å². The number of pyridine rings is 1. The van der Waals surface area contributed by atoms with E-state index in [4.69, 9.17) is 4.74 Å². The SMILES string of the molecule is CN1[CH-]N(c2[c-]c(Oc3[c-]c4c(cc3)c3ccccc3n4-c3ccccn3)ccc2)c2ccc(C(C)(C)C)cc21.[Pt]. The molecule has 0 N–H and O–H groups in total. The van der Waals surface area contributed by atoms with Crippen molar-refractivity contribution in [3.63, 3.8) is 0 Å². The van der Waals surface area contributed by atoms with Crippen molar-refractivity contribution in [1.29, 1.82) is 0 Å². The molecular weight excluding hydrogens is 687 g/mol. The first-order chi connectivity index (χ1) is 19.4. The molecule has 0 fully saturated rings. The van der Waals surface area contributed by atoms with Gasteiger partial charge < -0.3 is 19.1 Å². The van der Waals surface area contributed by atoms with E-state index in [1.165, 1.54) is 11.3 Å². The maximum Gasteiger partial charge on any atom is 0.135 e. The molecule has 0 saturated heterocycles. The minimum absolute atomic E-state index is 0. The molecule has 6 heteroatoms. The van der Waals surface area contributed by atoms with Crippen molar-refractivity contribution in [2.75, 3.05) is 16.8 Å². The molecule has 4 aromatic carbocycles. The molecule has 0 bridgehead atoms. The molecule has 7 rings (SSSR count). The Balaban J connectivity index is 0.00000302. The van der Waals surface area contributed by atoms with Gasteiger partial charge in [0, 0.05) is 55.7 Å². The second kappa shape index (κ2) is 10.4. The summed E-state index contributed by atoms with van der Waals surface area (Å²) < 4.78 is 8.49. The second-order valence-corrected chi connectivity index (χ2v) is 11.2. The third-order valence-corrected chi connectivity index (χ3v) is 7.44. The predicted octanol–water partition coefficient (Wildman–Crippen LogP) is 8.57. The summed E-state index contributed by atoms with van der Waals surface area (Å²) >= 11 is 0. The first-order valence-electron chi connectivity index (χ1n) is 13.5. The average Bonchev–Trinajstić information content (AvgIpc) is 3.47. The van der Waals surface area contributed by atoms with Crippen LogP contribution in [-0.2, 0) is 26.5 Å². The van der Waals surface area contributed by atoms with Crippen LogP contribution in [0.3, 0.4) is 0 Å². The molecule has 0 radical (unpaired) electrons. The Labute approximate surface area is 255 Å². The van der Waals surface area contributed by atoms with Crippen molar-refractivity contribution in [3.05, 3.63) is 122 Å². The Morgan fingerprint density at radius 3 is 2.39 bits per heavy atom. The van der Waals surface area contributed by atoms with Crippen LogP contribution in [0.4, 0.5) is 17.1 Å². The van der Waals surface area contributed by atoms with E-state index in [9.17, 15) is 0 Å². The molecule has 1 aliphatic heterocycles. The molecule has 6 aromatic rings. The molecule has 0 spiro atoms. The summed E-state index contributed by atoms with van der Waals surface area (Å²) in [4.78, 5) is 8.93. The number of ether oxygens (including phenoxy) is 1. The Bertz CT molecular complexity index is 1870.